The second-order valence-electron chi connectivity index (χ2n) is 5.03. The van der Waals surface area contributed by atoms with Crippen molar-refractivity contribution in [2.24, 2.45) is 12.8 Å². The van der Waals surface area contributed by atoms with E-state index < -0.39 is 11.8 Å². The molecule has 0 radical (unpaired) electrons. The predicted octanol–water partition coefficient (Wildman–Crippen LogP) is 1.23. The van der Waals surface area contributed by atoms with Crippen LogP contribution in [0.15, 0.2) is 48.9 Å². The number of rotatable bonds is 4. The van der Waals surface area contributed by atoms with E-state index in [1.165, 1.54) is 10.9 Å². The number of nitrogens with one attached hydrogen (secondary N) is 1. The first-order chi connectivity index (χ1) is 11.5. The molecule has 0 saturated heterocycles. The van der Waals surface area contributed by atoms with Crippen LogP contribution in [0.2, 0.25) is 0 Å². The Morgan fingerprint density at radius 2 is 2.04 bits per heavy atom. The molecule has 3 aromatic heterocycles. The lowest BCUT2D eigenvalue weighted by Crippen LogP contribution is -2.18. The number of aryl methyl sites for hydroxylation is 1. The van der Waals surface area contributed by atoms with Crippen LogP contribution in [0, 0.1) is 0 Å². The number of carbonyl (C=O) groups is 2. The molecule has 0 aliphatic heterocycles. The third-order valence-electron chi connectivity index (χ3n) is 3.25. The zero-order valence-electron chi connectivity index (χ0n) is 12.8. The lowest BCUT2D eigenvalue weighted by Gasteiger charge is -2.05. The Kier molecular flexibility index (Phi) is 4.02. The zero-order valence-corrected chi connectivity index (χ0v) is 12.8. The first-order valence-electron chi connectivity index (χ1n) is 7.07. The molecule has 0 saturated carbocycles. The SMILES string of the molecule is Cn1cc(NC(=O)c2cccc(-c3cccnc3)n2)c(C(N)=O)n1. The molecule has 0 fully saturated rings. The Bertz CT molecular complexity index is 904. The van der Waals surface area contributed by atoms with Crippen molar-refractivity contribution in [1.82, 2.24) is 19.7 Å². The van der Waals surface area contributed by atoms with Gasteiger partial charge in [0.1, 0.15) is 5.69 Å². The summed E-state index contributed by atoms with van der Waals surface area (Å²) < 4.78 is 1.40. The van der Waals surface area contributed by atoms with Crippen LogP contribution in [0.5, 0.6) is 0 Å². The van der Waals surface area contributed by atoms with Gasteiger partial charge in [0, 0.05) is 31.2 Å². The molecular formula is C16H14N6O2. The van der Waals surface area contributed by atoms with Crippen LogP contribution in [0.4, 0.5) is 5.69 Å². The van der Waals surface area contributed by atoms with Gasteiger partial charge in [-0.3, -0.25) is 19.3 Å². The summed E-state index contributed by atoms with van der Waals surface area (Å²) in [5.74, 6) is -1.18. The molecule has 0 spiro atoms. The van der Waals surface area contributed by atoms with Gasteiger partial charge in [-0.25, -0.2) is 4.98 Å². The van der Waals surface area contributed by atoms with Crippen LogP contribution >= 0.6 is 0 Å². The third kappa shape index (κ3) is 3.12. The number of primary amides is 1. The van der Waals surface area contributed by atoms with Gasteiger partial charge < -0.3 is 11.1 Å². The molecule has 8 nitrogen and oxygen atoms in total. The fourth-order valence-electron chi connectivity index (χ4n) is 2.18. The van der Waals surface area contributed by atoms with Gasteiger partial charge in [0.25, 0.3) is 11.8 Å². The van der Waals surface area contributed by atoms with E-state index in [1.807, 2.05) is 6.07 Å². The van der Waals surface area contributed by atoms with Crippen molar-refractivity contribution in [2.45, 2.75) is 0 Å². The molecular weight excluding hydrogens is 308 g/mol. The highest BCUT2D eigenvalue weighted by Crippen LogP contribution is 2.17. The Labute approximate surface area is 137 Å². The molecule has 0 aliphatic rings. The van der Waals surface area contributed by atoms with Crippen molar-refractivity contribution in [2.75, 3.05) is 5.32 Å². The minimum Gasteiger partial charge on any atom is -0.364 e. The molecule has 3 N–H and O–H groups in total. The normalized spacial score (nSPS) is 10.4. The maximum Gasteiger partial charge on any atom is 0.274 e. The summed E-state index contributed by atoms with van der Waals surface area (Å²) >= 11 is 0. The van der Waals surface area contributed by atoms with Gasteiger partial charge in [-0.2, -0.15) is 5.10 Å². The van der Waals surface area contributed by atoms with E-state index >= 15 is 0 Å². The quantitative estimate of drug-likeness (QED) is 0.749. The van der Waals surface area contributed by atoms with Gasteiger partial charge in [0.05, 0.1) is 11.4 Å². The molecule has 3 aromatic rings. The van der Waals surface area contributed by atoms with Gasteiger partial charge in [0.15, 0.2) is 5.69 Å². The van der Waals surface area contributed by atoms with Crippen LogP contribution in [0.1, 0.15) is 21.0 Å². The number of anilines is 1. The molecule has 0 atom stereocenters. The van der Waals surface area contributed by atoms with Gasteiger partial charge in [-0.15, -0.1) is 0 Å². The highest BCUT2D eigenvalue weighted by atomic mass is 16.2. The maximum atomic E-state index is 12.4. The lowest BCUT2D eigenvalue weighted by molar-refractivity contribution is 0.0995. The van der Waals surface area contributed by atoms with Crippen molar-refractivity contribution in [1.29, 1.82) is 0 Å². The van der Waals surface area contributed by atoms with Crippen molar-refractivity contribution in [3.8, 4) is 11.3 Å². The Morgan fingerprint density at radius 3 is 2.75 bits per heavy atom. The standard InChI is InChI=1S/C16H14N6O2/c1-22-9-13(14(21-22)15(17)23)20-16(24)12-6-2-5-11(19-12)10-4-3-7-18-8-10/h2-9H,1H3,(H2,17,23)(H,20,24). The number of amides is 2. The summed E-state index contributed by atoms with van der Waals surface area (Å²) in [7, 11) is 1.63. The molecule has 0 aliphatic carbocycles. The number of hydrogen-bond acceptors (Lipinski definition) is 5. The van der Waals surface area contributed by atoms with Crippen LogP contribution in [-0.2, 0) is 7.05 Å². The summed E-state index contributed by atoms with van der Waals surface area (Å²) in [6.07, 6.45) is 4.83. The molecule has 2 amide bonds. The van der Waals surface area contributed by atoms with Gasteiger partial charge in [0.2, 0.25) is 0 Å². The third-order valence-corrected chi connectivity index (χ3v) is 3.25. The summed E-state index contributed by atoms with van der Waals surface area (Å²) in [5.41, 5.74) is 7.11. The van der Waals surface area contributed by atoms with Crippen molar-refractivity contribution in [3.05, 3.63) is 60.3 Å². The Balaban J connectivity index is 1.88. The number of nitrogens with zero attached hydrogens (tertiary/aromatic N) is 4. The first kappa shape index (κ1) is 15.3. The van der Waals surface area contributed by atoms with E-state index in [-0.39, 0.29) is 17.1 Å². The second kappa shape index (κ2) is 6.29. The molecule has 120 valence electrons. The molecule has 8 heteroatoms. The summed E-state index contributed by atoms with van der Waals surface area (Å²) in [5, 5.41) is 6.53. The second-order valence-corrected chi connectivity index (χ2v) is 5.03. The minimum atomic E-state index is -0.719. The van der Waals surface area contributed by atoms with E-state index in [0.29, 0.717) is 5.69 Å². The van der Waals surface area contributed by atoms with Crippen LogP contribution < -0.4 is 11.1 Å². The van der Waals surface area contributed by atoms with E-state index in [0.717, 1.165) is 5.56 Å². The summed E-state index contributed by atoms with van der Waals surface area (Å²) in [4.78, 5) is 32.1. The van der Waals surface area contributed by atoms with E-state index in [9.17, 15) is 9.59 Å². The average molecular weight is 322 g/mol. The summed E-state index contributed by atoms with van der Waals surface area (Å²) in [6, 6.07) is 8.73. The fraction of sp³-hybridized carbons (Fsp3) is 0.0625. The highest BCUT2D eigenvalue weighted by molar-refractivity contribution is 6.07. The van der Waals surface area contributed by atoms with Crippen LogP contribution in [0.25, 0.3) is 11.3 Å². The number of hydrogen-bond donors (Lipinski definition) is 2. The number of nitrogens with two attached hydrogens (primary N) is 1. The van der Waals surface area contributed by atoms with Gasteiger partial charge in [-0.05, 0) is 24.3 Å². The molecule has 24 heavy (non-hydrogen) atoms. The fourth-order valence-corrected chi connectivity index (χ4v) is 2.18. The smallest absolute Gasteiger partial charge is 0.274 e. The first-order valence-corrected chi connectivity index (χ1v) is 7.07. The molecule has 3 heterocycles. The van der Waals surface area contributed by atoms with Gasteiger partial charge >= 0.3 is 0 Å². The van der Waals surface area contributed by atoms with E-state index in [2.05, 4.69) is 20.4 Å². The largest absolute Gasteiger partial charge is 0.364 e. The molecule has 3 rings (SSSR count). The number of carbonyl (C=O) groups excluding carboxylic acids is 2. The van der Waals surface area contributed by atoms with Crippen molar-refractivity contribution < 1.29 is 9.59 Å². The van der Waals surface area contributed by atoms with Gasteiger partial charge in [-0.1, -0.05) is 6.07 Å². The minimum absolute atomic E-state index is 0.00531. The monoisotopic (exact) mass is 322 g/mol. The predicted molar refractivity (Wildman–Crippen MR) is 87.1 cm³/mol. The molecule has 0 bridgehead atoms. The van der Waals surface area contributed by atoms with Crippen LogP contribution in [-0.4, -0.2) is 31.6 Å². The van der Waals surface area contributed by atoms with E-state index in [4.69, 9.17) is 5.73 Å². The lowest BCUT2D eigenvalue weighted by atomic mass is 10.2. The van der Waals surface area contributed by atoms with E-state index in [1.54, 1.807) is 43.7 Å². The maximum absolute atomic E-state index is 12.4. The number of pyridine rings is 2. The van der Waals surface area contributed by atoms with Crippen molar-refractivity contribution in [3.63, 3.8) is 0 Å². The Hall–Kier alpha value is -3.55. The summed E-state index contributed by atoms with van der Waals surface area (Å²) in [6.45, 7) is 0. The topological polar surface area (TPSA) is 116 Å². The Morgan fingerprint density at radius 1 is 1.21 bits per heavy atom. The molecule has 0 aromatic carbocycles. The van der Waals surface area contributed by atoms with Crippen LogP contribution in [0.3, 0.4) is 0 Å². The molecule has 0 unspecified atom stereocenters. The number of aromatic nitrogens is 4. The zero-order chi connectivity index (χ0) is 17.1. The average Bonchev–Trinajstić information content (AvgIpc) is 2.96. The van der Waals surface area contributed by atoms with Crippen molar-refractivity contribution >= 4 is 17.5 Å². The highest BCUT2D eigenvalue weighted by Gasteiger charge is 2.17.